The van der Waals surface area contributed by atoms with Crippen molar-refractivity contribution < 1.29 is 0 Å². The number of hydrogen-bond donors (Lipinski definition) is 1. The van der Waals surface area contributed by atoms with Crippen molar-refractivity contribution in [3.8, 4) is 5.69 Å². The molecule has 0 radical (unpaired) electrons. The Kier molecular flexibility index (Phi) is 3.20. The van der Waals surface area contributed by atoms with Crippen LogP contribution < -0.4 is 5.32 Å². The second kappa shape index (κ2) is 4.80. The maximum absolute atomic E-state index is 3.34. The first-order valence-electron chi connectivity index (χ1n) is 5.34. The first-order chi connectivity index (χ1) is 7.42. The Labute approximate surface area is 90.6 Å². The number of para-hydroxylation sites is 1. The van der Waals surface area contributed by atoms with Gasteiger partial charge >= 0.3 is 0 Å². The highest BCUT2D eigenvalue weighted by atomic mass is 15.0. The molecule has 0 aliphatic rings. The zero-order chi connectivity index (χ0) is 10.5. The molecule has 0 spiro atoms. The highest BCUT2D eigenvalue weighted by Gasteiger charge is 2.00. The Balaban J connectivity index is 2.25. The molecular formula is C13H16N2. The molecule has 2 nitrogen and oxygen atoms in total. The van der Waals surface area contributed by atoms with Gasteiger partial charge < -0.3 is 9.88 Å². The van der Waals surface area contributed by atoms with Crippen LogP contribution in [0.4, 0.5) is 0 Å². The number of nitrogens with zero attached hydrogens (tertiary/aromatic N) is 1. The monoisotopic (exact) mass is 200 g/mol. The van der Waals surface area contributed by atoms with Gasteiger partial charge in [-0.25, -0.2) is 0 Å². The predicted octanol–water partition coefficient (Wildman–Crippen LogP) is 2.59. The summed E-state index contributed by atoms with van der Waals surface area (Å²) in [6.45, 7) is 4.04. The summed E-state index contributed by atoms with van der Waals surface area (Å²) < 4.78 is 2.21. The fourth-order valence-corrected chi connectivity index (χ4v) is 1.65. The zero-order valence-corrected chi connectivity index (χ0v) is 8.98. The van der Waals surface area contributed by atoms with E-state index < -0.39 is 0 Å². The molecule has 2 aromatic rings. The lowest BCUT2D eigenvalue weighted by molar-refractivity contribution is 0.698. The third-order valence-electron chi connectivity index (χ3n) is 2.42. The predicted molar refractivity (Wildman–Crippen MR) is 63.1 cm³/mol. The van der Waals surface area contributed by atoms with E-state index >= 15 is 0 Å². The lowest BCUT2D eigenvalue weighted by Gasteiger charge is -2.09. The average molecular weight is 200 g/mol. The second-order valence-corrected chi connectivity index (χ2v) is 3.49. The molecule has 0 atom stereocenters. The Morgan fingerprint density at radius 3 is 2.60 bits per heavy atom. The number of nitrogens with one attached hydrogen (secondary N) is 1. The lowest BCUT2D eigenvalue weighted by atomic mass is 10.3. The van der Waals surface area contributed by atoms with E-state index in [0.717, 1.165) is 13.1 Å². The van der Waals surface area contributed by atoms with Gasteiger partial charge in [-0.15, -0.1) is 0 Å². The minimum absolute atomic E-state index is 0.915. The molecule has 1 heterocycles. The Morgan fingerprint density at radius 1 is 1.07 bits per heavy atom. The van der Waals surface area contributed by atoms with Crippen LogP contribution in [0.5, 0.6) is 0 Å². The molecule has 2 heteroatoms. The molecule has 0 saturated carbocycles. The Bertz CT molecular complexity index is 403. The van der Waals surface area contributed by atoms with Gasteiger partial charge in [0.2, 0.25) is 0 Å². The third kappa shape index (κ3) is 2.28. The number of aromatic nitrogens is 1. The van der Waals surface area contributed by atoms with Crippen molar-refractivity contribution in [3.05, 3.63) is 54.4 Å². The number of rotatable bonds is 4. The molecule has 0 saturated heterocycles. The molecule has 1 N–H and O–H groups in total. The van der Waals surface area contributed by atoms with E-state index in [0.29, 0.717) is 0 Å². The summed E-state index contributed by atoms with van der Waals surface area (Å²) in [5.74, 6) is 0. The van der Waals surface area contributed by atoms with Crippen molar-refractivity contribution in [2.24, 2.45) is 0 Å². The molecular weight excluding hydrogens is 184 g/mol. The maximum atomic E-state index is 3.34. The summed E-state index contributed by atoms with van der Waals surface area (Å²) in [7, 11) is 0. The van der Waals surface area contributed by atoms with Gasteiger partial charge in [0, 0.05) is 24.1 Å². The topological polar surface area (TPSA) is 17.0 Å². The van der Waals surface area contributed by atoms with E-state index in [9.17, 15) is 0 Å². The van der Waals surface area contributed by atoms with Gasteiger partial charge in [-0.05, 0) is 30.8 Å². The van der Waals surface area contributed by atoms with Crippen LogP contribution in [-0.4, -0.2) is 11.1 Å². The second-order valence-electron chi connectivity index (χ2n) is 3.49. The van der Waals surface area contributed by atoms with Gasteiger partial charge in [0.15, 0.2) is 0 Å². The summed E-state index contributed by atoms with van der Waals surface area (Å²) >= 11 is 0. The minimum atomic E-state index is 0.915. The zero-order valence-electron chi connectivity index (χ0n) is 8.98. The van der Waals surface area contributed by atoms with Gasteiger partial charge in [-0.3, -0.25) is 0 Å². The fraction of sp³-hybridized carbons (Fsp3) is 0.231. The molecule has 1 aromatic carbocycles. The molecule has 0 bridgehead atoms. The molecule has 0 aliphatic carbocycles. The molecule has 1 aromatic heterocycles. The molecule has 0 unspecified atom stereocenters. The summed E-state index contributed by atoms with van der Waals surface area (Å²) in [6, 6.07) is 14.6. The van der Waals surface area contributed by atoms with Crippen LogP contribution in [0.2, 0.25) is 0 Å². The summed E-state index contributed by atoms with van der Waals surface area (Å²) in [5, 5.41) is 3.34. The SMILES string of the molecule is CCNCc1cccn1-c1ccccc1. The molecule has 15 heavy (non-hydrogen) atoms. The fourth-order valence-electron chi connectivity index (χ4n) is 1.65. The van der Waals surface area contributed by atoms with E-state index in [1.54, 1.807) is 0 Å². The van der Waals surface area contributed by atoms with Gasteiger partial charge in [-0.2, -0.15) is 0 Å². The smallest absolute Gasteiger partial charge is 0.0452 e. The highest BCUT2D eigenvalue weighted by Crippen LogP contribution is 2.11. The third-order valence-corrected chi connectivity index (χ3v) is 2.42. The maximum Gasteiger partial charge on any atom is 0.0452 e. The molecule has 0 fully saturated rings. The van der Waals surface area contributed by atoms with Gasteiger partial charge in [-0.1, -0.05) is 25.1 Å². The van der Waals surface area contributed by atoms with E-state index in [4.69, 9.17) is 0 Å². The normalized spacial score (nSPS) is 10.5. The van der Waals surface area contributed by atoms with Gasteiger partial charge in [0.1, 0.15) is 0 Å². The van der Waals surface area contributed by atoms with Crippen molar-refractivity contribution in [2.75, 3.05) is 6.54 Å². The van der Waals surface area contributed by atoms with Crippen molar-refractivity contribution in [1.29, 1.82) is 0 Å². The molecule has 2 rings (SSSR count). The van der Waals surface area contributed by atoms with Crippen molar-refractivity contribution >= 4 is 0 Å². The van der Waals surface area contributed by atoms with E-state index in [1.807, 2.05) is 6.07 Å². The summed E-state index contributed by atoms with van der Waals surface area (Å²) in [6.07, 6.45) is 2.10. The number of hydrogen-bond acceptors (Lipinski definition) is 1. The standard InChI is InChI=1S/C13H16N2/c1-2-14-11-13-9-6-10-15(13)12-7-4-3-5-8-12/h3-10,14H,2,11H2,1H3. The molecule has 0 amide bonds. The van der Waals surface area contributed by atoms with Crippen LogP contribution >= 0.6 is 0 Å². The largest absolute Gasteiger partial charge is 0.320 e. The van der Waals surface area contributed by atoms with Crippen LogP contribution in [-0.2, 0) is 6.54 Å². The Morgan fingerprint density at radius 2 is 1.87 bits per heavy atom. The summed E-state index contributed by atoms with van der Waals surface area (Å²) in [5.41, 5.74) is 2.51. The van der Waals surface area contributed by atoms with Crippen molar-refractivity contribution in [1.82, 2.24) is 9.88 Å². The van der Waals surface area contributed by atoms with Crippen LogP contribution in [0.15, 0.2) is 48.7 Å². The Hall–Kier alpha value is -1.54. The minimum Gasteiger partial charge on any atom is -0.320 e. The van der Waals surface area contributed by atoms with Crippen LogP contribution in [0.1, 0.15) is 12.6 Å². The molecule has 0 aliphatic heterocycles. The highest BCUT2D eigenvalue weighted by molar-refractivity contribution is 5.34. The first-order valence-corrected chi connectivity index (χ1v) is 5.34. The first kappa shape index (κ1) is 9.99. The number of benzene rings is 1. The van der Waals surface area contributed by atoms with Crippen LogP contribution in [0.25, 0.3) is 5.69 Å². The van der Waals surface area contributed by atoms with E-state index in [2.05, 4.69) is 59.4 Å². The van der Waals surface area contributed by atoms with Crippen LogP contribution in [0, 0.1) is 0 Å². The van der Waals surface area contributed by atoms with E-state index in [-0.39, 0.29) is 0 Å². The van der Waals surface area contributed by atoms with Gasteiger partial charge in [0.05, 0.1) is 0 Å². The van der Waals surface area contributed by atoms with Crippen LogP contribution in [0.3, 0.4) is 0 Å². The van der Waals surface area contributed by atoms with Crippen molar-refractivity contribution in [2.45, 2.75) is 13.5 Å². The quantitative estimate of drug-likeness (QED) is 0.802. The summed E-state index contributed by atoms with van der Waals surface area (Å²) in [4.78, 5) is 0. The van der Waals surface area contributed by atoms with Gasteiger partial charge in [0.25, 0.3) is 0 Å². The average Bonchev–Trinajstić information content (AvgIpc) is 2.75. The van der Waals surface area contributed by atoms with Crippen molar-refractivity contribution in [3.63, 3.8) is 0 Å². The molecule has 78 valence electrons. The van der Waals surface area contributed by atoms with E-state index in [1.165, 1.54) is 11.4 Å². The lowest BCUT2D eigenvalue weighted by Crippen LogP contribution is -2.14.